The number of benzene rings is 1. The van der Waals surface area contributed by atoms with Crippen LogP contribution in [0.3, 0.4) is 0 Å². The van der Waals surface area contributed by atoms with Gasteiger partial charge >= 0.3 is 0 Å². The molecule has 1 aromatic rings. The van der Waals surface area contributed by atoms with Gasteiger partial charge in [0, 0.05) is 59.8 Å². The molecule has 2 N–H and O–H groups in total. The maximum atomic E-state index is 11.4. The van der Waals surface area contributed by atoms with Crippen molar-refractivity contribution in [1.82, 2.24) is 20.4 Å². The molecule has 2 rings (SSSR count). The molecule has 28 heavy (non-hydrogen) atoms. The number of rotatable bonds is 7. The van der Waals surface area contributed by atoms with E-state index in [1.165, 1.54) is 0 Å². The molecule has 0 aliphatic carbocycles. The first kappa shape index (κ1) is 24.3. The van der Waals surface area contributed by atoms with Crippen molar-refractivity contribution >= 4 is 35.8 Å². The summed E-state index contributed by atoms with van der Waals surface area (Å²) in [5.74, 6) is 2.35. The first-order chi connectivity index (χ1) is 13.1. The molecular weight excluding hydrogens is 473 g/mol. The van der Waals surface area contributed by atoms with E-state index >= 15 is 0 Å². The molecule has 158 valence electrons. The Balaban J connectivity index is 0.00000392. The highest BCUT2D eigenvalue weighted by Crippen LogP contribution is 2.27. The normalized spacial score (nSPS) is 14.9. The van der Waals surface area contributed by atoms with Crippen molar-refractivity contribution in [2.45, 2.75) is 13.5 Å². The second-order valence-corrected chi connectivity index (χ2v) is 6.39. The van der Waals surface area contributed by atoms with Gasteiger partial charge in [-0.15, -0.1) is 24.0 Å². The molecule has 8 nitrogen and oxygen atoms in total. The van der Waals surface area contributed by atoms with Crippen molar-refractivity contribution in [3.8, 4) is 11.5 Å². The van der Waals surface area contributed by atoms with Crippen LogP contribution < -0.4 is 20.1 Å². The van der Waals surface area contributed by atoms with Crippen molar-refractivity contribution in [2.24, 2.45) is 4.99 Å². The van der Waals surface area contributed by atoms with E-state index in [1.54, 1.807) is 28.2 Å². The van der Waals surface area contributed by atoms with E-state index in [2.05, 4.69) is 20.5 Å². The van der Waals surface area contributed by atoms with Crippen LogP contribution in [0.1, 0.15) is 12.5 Å². The number of aliphatic imine (C=N–C) groups is 1. The van der Waals surface area contributed by atoms with Crippen LogP contribution in [0.5, 0.6) is 11.5 Å². The van der Waals surface area contributed by atoms with E-state index in [4.69, 9.17) is 9.47 Å². The molecule has 1 heterocycles. The van der Waals surface area contributed by atoms with Crippen LogP contribution >= 0.6 is 24.0 Å². The number of nitrogens with zero attached hydrogens (tertiary/aromatic N) is 3. The summed E-state index contributed by atoms with van der Waals surface area (Å²) in [5, 5.41) is 6.64. The number of carbonyl (C=O) groups excluding carboxylic acids is 1. The maximum Gasteiger partial charge on any atom is 0.219 e. The van der Waals surface area contributed by atoms with Crippen LogP contribution in [-0.2, 0) is 11.3 Å². The van der Waals surface area contributed by atoms with E-state index in [9.17, 15) is 4.79 Å². The maximum absolute atomic E-state index is 11.4. The van der Waals surface area contributed by atoms with Crippen LogP contribution in [0.25, 0.3) is 0 Å². The minimum absolute atomic E-state index is 0. The van der Waals surface area contributed by atoms with Gasteiger partial charge in [0.15, 0.2) is 17.5 Å². The van der Waals surface area contributed by atoms with E-state index in [-0.39, 0.29) is 29.9 Å². The molecule has 0 aromatic heterocycles. The fourth-order valence-electron chi connectivity index (χ4n) is 3.02. The third kappa shape index (κ3) is 7.34. The number of carbonyl (C=O) groups is 1. The zero-order chi connectivity index (χ0) is 19.6. The number of hydrogen-bond donors (Lipinski definition) is 2. The van der Waals surface area contributed by atoms with Gasteiger partial charge in [-0.05, 0) is 17.7 Å². The summed E-state index contributed by atoms with van der Waals surface area (Å²) < 4.78 is 10.6. The summed E-state index contributed by atoms with van der Waals surface area (Å²) in [6.45, 7) is 7.43. The zero-order valence-electron chi connectivity index (χ0n) is 17.2. The smallest absolute Gasteiger partial charge is 0.219 e. The minimum Gasteiger partial charge on any atom is -0.493 e. The summed E-state index contributed by atoms with van der Waals surface area (Å²) in [6.07, 6.45) is 0. The fourth-order valence-corrected chi connectivity index (χ4v) is 3.02. The van der Waals surface area contributed by atoms with E-state index in [0.29, 0.717) is 18.0 Å². The molecule has 1 amide bonds. The third-order valence-corrected chi connectivity index (χ3v) is 4.67. The van der Waals surface area contributed by atoms with E-state index < -0.39 is 0 Å². The van der Waals surface area contributed by atoms with Gasteiger partial charge < -0.3 is 25.0 Å². The Morgan fingerprint density at radius 3 is 2.36 bits per heavy atom. The summed E-state index contributed by atoms with van der Waals surface area (Å²) in [6, 6.07) is 5.84. The highest BCUT2D eigenvalue weighted by Gasteiger charge is 2.17. The van der Waals surface area contributed by atoms with Crippen molar-refractivity contribution in [3.05, 3.63) is 23.8 Å². The fraction of sp³-hybridized carbons (Fsp3) is 0.579. The van der Waals surface area contributed by atoms with Gasteiger partial charge in [0.25, 0.3) is 0 Å². The number of methoxy groups -OCH3 is 2. The van der Waals surface area contributed by atoms with Crippen LogP contribution in [-0.4, -0.2) is 82.2 Å². The molecule has 1 aliphatic rings. The minimum atomic E-state index is 0. The van der Waals surface area contributed by atoms with Gasteiger partial charge in [0.05, 0.1) is 14.2 Å². The van der Waals surface area contributed by atoms with Crippen LogP contribution in [0.15, 0.2) is 23.2 Å². The standard InChI is InChI=1S/C19H31N5O3.HI/c1-15(25)24-11-9-23(10-12-24)8-7-21-19(20-2)22-14-16-5-6-17(26-3)18(13-16)27-4;/h5-6,13H,7-12,14H2,1-4H3,(H2,20,21,22);1H. The summed E-state index contributed by atoms with van der Waals surface area (Å²) in [5.41, 5.74) is 1.08. The Hall–Kier alpha value is -1.75. The third-order valence-electron chi connectivity index (χ3n) is 4.67. The summed E-state index contributed by atoms with van der Waals surface area (Å²) >= 11 is 0. The van der Waals surface area contributed by atoms with Crippen LogP contribution in [0.2, 0.25) is 0 Å². The first-order valence-corrected chi connectivity index (χ1v) is 9.20. The number of piperazine rings is 1. The highest BCUT2D eigenvalue weighted by molar-refractivity contribution is 14.0. The number of nitrogens with one attached hydrogen (secondary N) is 2. The molecule has 0 spiro atoms. The topological polar surface area (TPSA) is 78.4 Å². The monoisotopic (exact) mass is 505 g/mol. The van der Waals surface area contributed by atoms with Gasteiger partial charge in [0.1, 0.15) is 0 Å². The molecule has 1 fully saturated rings. The van der Waals surface area contributed by atoms with Crippen molar-refractivity contribution in [2.75, 3.05) is 60.5 Å². The first-order valence-electron chi connectivity index (χ1n) is 9.20. The lowest BCUT2D eigenvalue weighted by atomic mass is 10.2. The molecule has 1 saturated heterocycles. The quantitative estimate of drug-likeness (QED) is 0.329. The Bertz CT molecular complexity index is 648. The lowest BCUT2D eigenvalue weighted by molar-refractivity contribution is -0.130. The van der Waals surface area contributed by atoms with Gasteiger partial charge in [-0.1, -0.05) is 6.07 Å². The average molecular weight is 505 g/mol. The van der Waals surface area contributed by atoms with E-state index in [1.807, 2.05) is 23.1 Å². The molecule has 0 atom stereocenters. The van der Waals surface area contributed by atoms with Gasteiger partial charge in [-0.3, -0.25) is 14.7 Å². The lowest BCUT2D eigenvalue weighted by Gasteiger charge is -2.34. The molecule has 0 radical (unpaired) electrons. The Labute approximate surface area is 184 Å². The predicted molar refractivity (Wildman–Crippen MR) is 122 cm³/mol. The van der Waals surface area contributed by atoms with Crippen LogP contribution in [0.4, 0.5) is 0 Å². The van der Waals surface area contributed by atoms with E-state index in [0.717, 1.165) is 50.8 Å². The molecule has 0 saturated carbocycles. The largest absolute Gasteiger partial charge is 0.493 e. The Kier molecular flexibility index (Phi) is 11.0. The number of guanidine groups is 1. The molecular formula is C19H32IN5O3. The summed E-state index contributed by atoms with van der Waals surface area (Å²) in [4.78, 5) is 19.9. The number of ether oxygens (including phenoxy) is 2. The molecule has 0 unspecified atom stereocenters. The Morgan fingerprint density at radius 2 is 1.79 bits per heavy atom. The zero-order valence-corrected chi connectivity index (χ0v) is 19.5. The molecule has 1 aliphatic heterocycles. The average Bonchev–Trinajstić information content (AvgIpc) is 2.70. The SMILES string of the molecule is CN=C(NCCN1CCN(C(C)=O)CC1)NCc1ccc(OC)c(OC)c1.I. The van der Waals surface area contributed by atoms with Crippen molar-refractivity contribution in [1.29, 1.82) is 0 Å². The lowest BCUT2D eigenvalue weighted by Crippen LogP contribution is -2.50. The molecule has 0 bridgehead atoms. The highest BCUT2D eigenvalue weighted by atomic mass is 127. The predicted octanol–water partition coefficient (Wildman–Crippen LogP) is 1.15. The molecule has 1 aromatic carbocycles. The second-order valence-electron chi connectivity index (χ2n) is 6.39. The van der Waals surface area contributed by atoms with Crippen molar-refractivity contribution in [3.63, 3.8) is 0 Å². The van der Waals surface area contributed by atoms with Gasteiger partial charge in [0.2, 0.25) is 5.91 Å². The molecule has 9 heteroatoms. The van der Waals surface area contributed by atoms with Gasteiger partial charge in [-0.2, -0.15) is 0 Å². The summed E-state index contributed by atoms with van der Waals surface area (Å²) in [7, 11) is 5.02. The van der Waals surface area contributed by atoms with Crippen molar-refractivity contribution < 1.29 is 14.3 Å². The van der Waals surface area contributed by atoms with Gasteiger partial charge in [-0.25, -0.2) is 0 Å². The number of hydrogen-bond acceptors (Lipinski definition) is 5. The second kappa shape index (κ2) is 12.7. The Morgan fingerprint density at radius 1 is 1.11 bits per heavy atom. The van der Waals surface area contributed by atoms with Crippen LogP contribution in [0, 0.1) is 0 Å². The number of halogens is 1. The number of amides is 1.